The smallest absolute Gasteiger partial charge is 0.304 e. The number of hydrogen-bond donors (Lipinski definition) is 2. The highest BCUT2D eigenvalue weighted by Gasteiger charge is 2.08. The van der Waals surface area contributed by atoms with Gasteiger partial charge in [0.05, 0.1) is 26.4 Å². The lowest BCUT2D eigenvalue weighted by molar-refractivity contribution is -0.136. The van der Waals surface area contributed by atoms with Crippen molar-refractivity contribution in [1.82, 2.24) is 0 Å². The molecule has 1 aromatic rings. The minimum absolute atomic E-state index is 0.0499. The quantitative estimate of drug-likeness (QED) is 0.713. The molecule has 6 nitrogen and oxygen atoms in total. The molecule has 1 amide bonds. The number of carboxylic acid groups (broad SMARTS) is 1. The molecule has 0 fully saturated rings. The first kappa shape index (κ1) is 16.2. The van der Waals surface area contributed by atoms with Gasteiger partial charge >= 0.3 is 5.97 Å². The molecule has 1 rings (SSSR count). The molecular weight excluding hydrogens is 282 g/mol. The van der Waals surface area contributed by atoms with Crippen LogP contribution in [0.4, 0.5) is 5.69 Å². The predicted octanol–water partition coefficient (Wildman–Crippen LogP) is 1.85. The number of ether oxygens (including phenoxy) is 2. The van der Waals surface area contributed by atoms with E-state index < -0.39 is 5.97 Å². The van der Waals surface area contributed by atoms with Crippen molar-refractivity contribution in [1.29, 1.82) is 0 Å². The molecule has 0 saturated heterocycles. The van der Waals surface area contributed by atoms with E-state index >= 15 is 0 Å². The van der Waals surface area contributed by atoms with Gasteiger partial charge in [0.1, 0.15) is 0 Å². The topological polar surface area (TPSA) is 84.9 Å². The Hall–Kier alpha value is -1.89. The van der Waals surface area contributed by atoms with Crippen LogP contribution in [0.3, 0.4) is 0 Å². The predicted molar refractivity (Wildman–Crippen MR) is 77.8 cm³/mol. The Balaban J connectivity index is 2.47. The second-order valence-electron chi connectivity index (χ2n) is 3.81. The van der Waals surface area contributed by atoms with Gasteiger partial charge in [-0.3, -0.25) is 9.59 Å². The van der Waals surface area contributed by atoms with E-state index in [0.29, 0.717) is 22.9 Å². The van der Waals surface area contributed by atoms with Gasteiger partial charge < -0.3 is 19.9 Å². The average Bonchev–Trinajstić information content (AvgIpc) is 2.43. The van der Waals surface area contributed by atoms with Crippen LogP contribution in [0.25, 0.3) is 0 Å². The Morgan fingerprint density at radius 2 is 1.95 bits per heavy atom. The van der Waals surface area contributed by atoms with Crippen LogP contribution in [0, 0.1) is 0 Å². The van der Waals surface area contributed by atoms with Gasteiger partial charge in [0.15, 0.2) is 11.5 Å². The zero-order valence-corrected chi connectivity index (χ0v) is 12.2. The van der Waals surface area contributed by atoms with Crippen LogP contribution < -0.4 is 14.8 Å². The van der Waals surface area contributed by atoms with Gasteiger partial charge in [-0.2, -0.15) is 11.8 Å². The molecular formula is C13H17NO5S. The van der Waals surface area contributed by atoms with Crippen LogP contribution in [0.1, 0.15) is 6.42 Å². The number of hydrogen-bond acceptors (Lipinski definition) is 5. The van der Waals surface area contributed by atoms with Gasteiger partial charge in [0, 0.05) is 17.5 Å². The van der Waals surface area contributed by atoms with Crippen molar-refractivity contribution < 1.29 is 24.2 Å². The summed E-state index contributed by atoms with van der Waals surface area (Å²) < 4.78 is 10.2. The molecule has 0 unspecified atom stereocenters. The van der Waals surface area contributed by atoms with Gasteiger partial charge in [0.2, 0.25) is 5.91 Å². The lowest BCUT2D eigenvalue weighted by Crippen LogP contribution is -2.14. The summed E-state index contributed by atoms with van der Waals surface area (Å²) in [6, 6.07) is 5.08. The summed E-state index contributed by atoms with van der Waals surface area (Å²) in [6.07, 6.45) is 0.0499. The Morgan fingerprint density at radius 3 is 2.55 bits per heavy atom. The summed E-state index contributed by atoms with van der Waals surface area (Å²) >= 11 is 1.28. The lowest BCUT2D eigenvalue weighted by Gasteiger charge is -2.10. The number of methoxy groups -OCH3 is 2. The highest BCUT2D eigenvalue weighted by molar-refractivity contribution is 7.99. The van der Waals surface area contributed by atoms with Crippen molar-refractivity contribution in [3.05, 3.63) is 18.2 Å². The van der Waals surface area contributed by atoms with Crippen LogP contribution in [0.2, 0.25) is 0 Å². The summed E-state index contributed by atoms with van der Waals surface area (Å²) in [6.45, 7) is 0. The van der Waals surface area contributed by atoms with E-state index in [1.165, 1.54) is 26.0 Å². The van der Waals surface area contributed by atoms with Crippen molar-refractivity contribution >= 4 is 29.3 Å². The van der Waals surface area contributed by atoms with E-state index in [2.05, 4.69) is 5.32 Å². The maximum atomic E-state index is 11.7. The third kappa shape index (κ3) is 5.40. The number of rotatable bonds is 8. The largest absolute Gasteiger partial charge is 0.493 e. The molecule has 0 aliphatic rings. The number of aliphatic carboxylic acids is 1. The molecule has 1 aromatic carbocycles. The maximum Gasteiger partial charge on any atom is 0.304 e. The molecule has 7 heteroatoms. The first-order valence-electron chi connectivity index (χ1n) is 5.88. The van der Waals surface area contributed by atoms with Crippen LogP contribution in [-0.4, -0.2) is 42.7 Å². The zero-order chi connectivity index (χ0) is 15.0. The fourth-order valence-electron chi connectivity index (χ4n) is 1.44. The van der Waals surface area contributed by atoms with Crippen LogP contribution in [-0.2, 0) is 9.59 Å². The van der Waals surface area contributed by atoms with Crippen LogP contribution >= 0.6 is 11.8 Å². The number of thioether (sulfide) groups is 1. The van der Waals surface area contributed by atoms with Crippen molar-refractivity contribution in [2.75, 3.05) is 31.0 Å². The van der Waals surface area contributed by atoms with Gasteiger partial charge in [-0.05, 0) is 12.1 Å². The molecule has 2 N–H and O–H groups in total. The molecule has 0 atom stereocenters. The van der Waals surface area contributed by atoms with Crippen LogP contribution in [0.15, 0.2) is 18.2 Å². The van der Waals surface area contributed by atoms with E-state index in [1.807, 2.05) is 0 Å². The summed E-state index contributed by atoms with van der Waals surface area (Å²) in [7, 11) is 3.06. The summed E-state index contributed by atoms with van der Waals surface area (Å²) in [4.78, 5) is 22.0. The molecule has 20 heavy (non-hydrogen) atoms. The molecule has 0 aliphatic carbocycles. The first-order chi connectivity index (χ1) is 9.56. The molecule has 0 radical (unpaired) electrons. The first-order valence-corrected chi connectivity index (χ1v) is 7.03. The van der Waals surface area contributed by atoms with Gasteiger partial charge in [-0.15, -0.1) is 0 Å². The molecule has 110 valence electrons. The number of carbonyl (C=O) groups excluding carboxylic acids is 1. The molecule has 0 bridgehead atoms. The molecule has 0 heterocycles. The minimum Gasteiger partial charge on any atom is -0.493 e. The monoisotopic (exact) mass is 299 g/mol. The Morgan fingerprint density at radius 1 is 1.25 bits per heavy atom. The summed E-state index contributed by atoms with van der Waals surface area (Å²) in [5.74, 6) is 0.687. The second kappa shape index (κ2) is 8.31. The van der Waals surface area contributed by atoms with E-state index in [0.717, 1.165) is 0 Å². The average molecular weight is 299 g/mol. The molecule has 0 saturated carbocycles. The summed E-state index contributed by atoms with van der Waals surface area (Å²) in [5.41, 5.74) is 0.603. The number of benzene rings is 1. The fourth-order valence-corrected chi connectivity index (χ4v) is 2.16. The Kier molecular flexibility index (Phi) is 6.72. The van der Waals surface area contributed by atoms with E-state index in [1.54, 1.807) is 18.2 Å². The van der Waals surface area contributed by atoms with Gasteiger partial charge in [-0.25, -0.2) is 0 Å². The maximum absolute atomic E-state index is 11.7. The third-order valence-corrected chi connectivity index (χ3v) is 3.32. The van der Waals surface area contributed by atoms with Crippen molar-refractivity contribution in [2.24, 2.45) is 0 Å². The number of anilines is 1. The fraction of sp³-hybridized carbons (Fsp3) is 0.385. The van der Waals surface area contributed by atoms with Crippen molar-refractivity contribution in [3.8, 4) is 11.5 Å². The highest BCUT2D eigenvalue weighted by Crippen LogP contribution is 2.29. The van der Waals surface area contributed by atoms with Crippen molar-refractivity contribution in [2.45, 2.75) is 6.42 Å². The van der Waals surface area contributed by atoms with Gasteiger partial charge in [-0.1, -0.05) is 0 Å². The zero-order valence-electron chi connectivity index (χ0n) is 11.3. The number of carbonyl (C=O) groups is 2. The van der Waals surface area contributed by atoms with Crippen LogP contribution in [0.5, 0.6) is 11.5 Å². The van der Waals surface area contributed by atoms with E-state index in [-0.39, 0.29) is 18.1 Å². The van der Waals surface area contributed by atoms with Gasteiger partial charge in [0.25, 0.3) is 0 Å². The summed E-state index contributed by atoms with van der Waals surface area (Å²) in [5, 5.41) is 11.2. The number of amides is 1. The molecule has 0 aliphatic heterocycles. The Labute approximate surface area is 121 Å². The second-order valence-corrected chi connectivity index (χ2v) is 4.92. The molecule has 0 aromatic heterocycles. The lowest BCUT2D eigenvalue weighted by atomic mass is 10.2. The minimum atomic E-state index is -0.863. The number of carboxylic acids is 1. The Bertz CT molecular complexity index is 478. The normalized spacial score (nSPS) is 9.90. The highest BCUT2D eigenvalue weighted by atomic mass is 32.2. The van der Waals surface area contributed by atoms with E-state index in [9.17, 15) is 9.59 Å². The van der Waals surface area contributed by atoms with E-state index in [4.69, 9.17) is 14.6 Å². The SMILES string of the molecule is COc1ccc(NC(=O)CSCCC(=O)O)cc1OC. The number of nitrogens with one attached hydrogen (secondary N) is 1. The molecule has 0 spiro atoms. The standard InChI is InChI=1S/C13H17NO5S/c1-18-10-4-3-9(7-11(10)19-2)14-12(15)8-20-6-5-13(16)17/h3-4,7H,5-6,8H2,1-2H3,(H,14,15)(H,16,17). The third-order valence-electron chi connectivity index (χ3n) is 2.36. The van der Waals surface area contributed by atoms with Crippen molar-refractivity contribution in [3.63, 3.8) is 0 Å².